The molecule has 3 aromatic rings. The molecule has 0 fully saturated rings. The first-order valence-electron chi connectivity index (χ1n) is 9.43. The van der Waals surface area contributed by atoms with Gasteiger partial charge in [-0.1, -0.05) is 42.5 Å². The molecule has 154 valence electrons. The molecule has 0 atom stereocenters. The van der Waals surface area contributed by atoms with Crippen LogP contribution in [0.1, 0.15) is 15.9 Å². The first kappa shape index (κ1) is 20.9. The number of non-ortho nitro benzene ring substituents is 1. The van der Waals surface area contributed by atoms with Crippen molar-refractivity contribution in [2.24, 2.45) is 0 Å². The van der Waals surface area contributed by atoms with Crippen LogP contribution in [0.25, 0.3) is 0 Å². The smallest absolute Gasteiger partial charge is 0.269 e. The highest BCUT2D eigenvalue weighted by Crippen LogP contribution is 2.21. The number of carbonyl (C=O) groups is 1. The van der Waals surface area contributed by atoms with Crippen molar-refractivity contribution in [1.82, 2.24) is 4.90 Å². The van der Waals surface area contributed by atoms with Crippen molar-refractivity contribution >= 4 is 11.6 Å². The maximum absolute atomic E-state index is 12.9. The number of hydrogen-bond acceptors (Lipinski definition) is 5. The summed E-state index contributed by atoms with van der Waals surface area (Å²) in [4.78, 5) is 24.9. The summed E-state index contributed by atoms with van der Waals surface area (Å²) in [7, 11) is 1.65. The number of amides is 1. The lowest BCUT2D eigenvalue weighted by Gasteiger charge is -2.19. The Bertz CT molecular complexity index is 1010. The molecule has 7 nitrogen and oxygen atoms in total. The van der Waals surface area contributed by atoms with E-state index in [1.165, 1.54) is 17.0 Å². The van der Waals surface area contributed by atoms with Crippen LogP contribution in [0.4, 0.5) is 5.69 Å². The number of nitrogens with zero attached hydrogens (tertiary/aromatic N) is 2. The molecular weight excluding hydrogens is 384 g/mol. The lowest BCUT2D eigenvalue weighted by molar-refractivity contribution is -0.384. The van der Waals surface area contributed by atoms with Gasteiger partial charge in [-0.05, 0) is 29.8 Å². The van der Waals surface area contributed by atoms with E-state index in [-0.39, 0.29) is 24.7 Å². The van der Waals surface area contributed by atoms with Crippen molar-refractivity contribution in [2.75, 3.05) is 20.3 Å². The molecular formula is C23H22N2O5. The van der Waals surface area contributed by atoms with Crippen LogP contribution in [0.5, 0.6) is 11.5 Å². The number of para-hydroxylation sites is 2. The van der Waals surface area contributed by atoms with E-state index < -0.39 is 4.92 Å². The van der Waals surface area contributed by atoms with Crippen molar-refractivity contribution in [3.05, 3.63) is 100 Å². The molecule has 0 aliphatic carbocycles. The van der Waals surface area contributed by atoms with Crippen LogP contribution in [-0.2, 0) is 6.54 Å². The van der Waals surface area contributed by atoms with E-state index in [9.17, 15) is 14.9 Å². The van der Waals surface area contributed by atoms with E-state index in [0.29, 0.717) is 23.5 Å². The number of benzene rings is 3. The van der Waals surface area contributed by atoms with Gasteiger partial charge >= 0.3 is 0 Å². The summed E-state index contributed by atoms with van der Waals surface area (Å²) in [5, 5.41) is 11.0. The monoisotopic (exact) mass is 406 g/mol. The fourth-order valence-electron chi connectivity index (χ4n) is 2.92. The molecule has 7 heteroatoms. The Morgan fingerprint density at radius 3 is 2.40 bits per heavy atom. The van der Waals surface area contributed by atoms with Gasteiger partial charge in [-0.25, -0.2) is 0 Å². The molecule has 0 aliphatic heterocycles. The predicted molar refractivity (Wildman–Crippen MR) is 113 cm³/mol. The predicted octanol–water partition coefficient (Wildman–Crippen LogP) is 4.32. The number of ether oxygens (including phenoxy) is 2. The fraction of sp³-hybridized carbons (Fsp3) is 0.174. The Hall–Kier alpha value is -3.87. The minimum atomic E-state index is -0.452. The molecule has 0 spiro atoms. The lowest BCUT2D eigenvalue weighted by atomic mass is 10.1. The summed E-state index contributed by atoms with van der Waals surface area (Å²) in [6.45, 7) is 0.871. The number of hydrogen-bond donors (Lipinski definition) is 0. The molecule has 1 amide bonds. The Morgan fingerprint density at radius 1 is 0.933 bits per heavy atom. The molecule has 0 N–H and O–H groups in total. The van der Waals surface area contributed by atoms with Gasteiger partial charge in [0.05, 0.1) is 10.5 Å². The molecule has 0 unspecified atom stereocenters. The average Bonchev–Trinajstić information content (AvgIpc) is 2.77. The Morgan fingerprint density at radius 2 is 1.63 bits per heavy atom. The van der Waals surface area contributed by atoms with Gasteiger partial charge in [-0.2, -0.15) is 0 Å². The topological polar surface area (TPSA) is 81.9 Å². The van der Waals surface area contributed by atoms with Crippen LogP contribution < -0.4 is 9.47 Å². The normalized spacial score (nSPS) is 10.3. The van der Waals surface area contributed by atoms with Gasteiger partial charge in [0.1, 0.15) is 24.7 Å². The van der Waals surface area contributed by atoms with E-state index in [2.05, 4.69) is 0 Å². The lowest BCUT2D eigenvalue weighted by Crippen LogP contribution is -2.27. The third kappa shape index (κ3) is 5.57. The standard InChI is InChI=1S/C23H22N2O5/c1-24(17-18-8-7-9-19(16-18)25(27)28)23(26)21-12-5-6-13-22(21)30-15-14-29-20-10-3-2-4-11-20/h2-13,16H,14-15,17H2,1H3. The summed E-state index contributed by atoms with van der Waals surface area (Å²) >= 11 is 0. The van der Waals surface area contributed by atoms with Gasteiger partial charge in [-0.15, -0.1) is 0 Å². The van der Waals surface area contributed by atoms with E-state index in [4.69, 9.17) is 9.47 Å². The third-order valence-electron chi connectivity index (χ3n) is 4.36. The van der Waals surface area contributed by atoms with Crippen LogP contribution in [-0.4, -0.2) is 36.0 Å². The highest BCUT2D eigenvalue weighted by molar-refractivity contribution is 5.96. The van der Waals surface area contributed by atoms with Crippen molar-refractivity contribution in [2.45, 2.75) is 6.54 Å². The zero-order valence-corrected chi connectivity index (χ0v) is 16.6. The van der Waals surface area contributed by atoms with Crippen LogP contribution >= 0.6 is 0 Å². The Labute approximate surface area is 174 Å². The van der Waals surface area contributed by atoms with Gasteiger partial charge in [0.15, 0.2) is 0 Å². The molecule has 0 aliphatic rings. The highest BCUT2D eigenvalue weighted by Gasteiger charge is 2.17. The van der Waals surface area contributed by atoms with Gasteiger partial charge < -0.3 is 14.4 Å². The van der Waals surface area contributed by atoms with Gasteiger partial charge in [0.25, 0.3) is 11.6 Å². The summed E-state index contributed by atoms with van der Waals surface area (Å²) in [5.41, 5.74) is 1.09. The maximum atomic E-state index is 12.9. The summed E-state index contributed by atoms with van der Waals surface area (Å²) in [6.07, 6.45) is 0. The van der Waals surface area contributed by atoms with Crippen LogP contribution in [0.2, 0.25) is 0 Å². The molecule has 0 heterocycles. The zero-order valence-electron chi connectivity index (χ0n) is 16.6. The second-order valence-electron chi connectivity index (χ2n) is 6.59. The minimum Gasteiger partial charge on any atom is -0.490 e. The van der Waals surface area contributed by atoms with Crippen molar-refractivity contribution in [3.63, 3.8) is 0 Å². The summed E-state index contributed by atoms with van der Waals surface area (Å²) in [5.74, 6) is 0.980. The van der Waals surface area contributed by atoms with Gasteiger partial charge in [0, 0.05) is 25.7 Å². The van der Waals surface area contributed by atoms with Gasteiger partial charge in [0.2, 0.25) is 0 Å². The van der Waals surface area contributed by atoms with E-state index in [1.807, 2.05) is 30.3 Å². The van der Waals surface area contributed by atoms with E-state index in [1.54, 1.807) is 43.4 Å². The maximum Gasteiger partial charge on any atom is 0.269 e. The van der Waals surface area contributed by atoms with Gasteiger partial charge in [-0.3, -0.25) is 14.9 Å². The molecule has 0 saturated heterocycles. The summed E-state index contributed by atoms with van der Waals surface area (Å²) in [6, 6.07) is 22.6. The fourth-order valence-corrected chi connectivity index (χ4v) is 2.92. The molecule has 3 rings (SSSR count). The Kier molecular flexibility index (Phi) is 7.00. The largest absolute Gasteiger partial charge is 0.490 e. The highest BCUT2D eigenvalue weighted by atomic mass is 16.6. The molecule has 0 bridgehead atoms. The Balaban J connectivity index is 1.61. The summed E-state index contributed by atoms with van der Waals surface area (Å²) < 4.78 is 11.4. The SMILES string of the molecule is CN(Cc1cccc([N+](=O)[O-])c1)C(=O)c1ccccc1OCCOc1ccccc1. The molecule has 0 saturated carbocycles. The van der Waals surface area contributed by atoms with E-state index >= 15 is 0 Å². The third-order valence-corrected chi connectivity index (χ3v) is 4.36. The average molecular weight is 406 g/mol. The first-order valence-corrected chi connectivity index (χ1v) is 9.43. The molecule has 0 aromatic heterocycles. The number of nitro benzene ring substituents is 1. The first-order chi connectivity index (χ1) is 14.5. The van der Waals surface area contributed by atoms with Crippen LogP contribution in [0, 0.1) is 10.1 Å². The molecule has 30 heavy (non-hydrogen) atoms. The second kappa shape index (κ2) is 10.1. The number of nitro groups is 1. The number of carbonyl (C=O) groups excluding carboxylic acids is 1. The quantitative estimate of drug-likeness (QED) is 0.300. The molecule has 0 radical (unpaired) electrons. The van der Waals surface area contributed by atoms with Crippen molar-refractivity contribution in [1.29, 1.82) is 0 Å². The molecule has 3 aromatic carbocycles. The number of rotatable bonds is 9. The van der Waals surface area contributed by atoms with Crippen molar-refractivity contribution < 1.29 is 19.2 Å². The van der Waals surface area contributed by atoms with Crippen LogP contribution in [0.3, 0.4) is 0 Å². The van der Waals surface area contributed by atoms with Crippen molar-refractivity contribution in [3.8, 4) is 11.5 Å². The minimum absolute atomic E-state index is 0.00417. The zero-order chi connectivity index (χ0) is 21.3. The van der Waals surface area contributed by atoms with E-state index in [0.717, 1.165) is 5.75 Å². The second-order valence-corrected chi connectivity index (χ2v) is 6.59. The van der Waals surface area contributed by atoms with Crippen LogP contribution in [0.15, 0.2) is 78.9 Å².